The summed E-state index contributed by atoms with van der Waals surface area (Å²) < 4.78 is 38.5. The molecule has 0 bridgehead atoms. The van der Waals surface area contributed by atoms with Gasteiger partial charge in [-0.1, -0.05) is 24.3 Å². The van der Waals surface area contributed by atoms with Crippen molar-refractivity contribution in [3.63, 3.8) is 0 Å². The van der Waals surface area contributed by atoms with Crippen molar-refractivity contribution in [3.05, 3.63) is 60.2 Å². The highest BCUT2D eigenvalue weighted by molar-refractivity contribution is 5.92. The van der Waals surface area contributed by atoms with Crippen LogP contribution in [0.3, 0.4) is 0 Å². The molecular weight excluding hydrogens is 317 g/mol. The summed E-state index contributed by atoms with van der Waals surface area (Å²) in [5, 5.41) is 15.1. The van der Waals surface area contributed by atoms with Gasteiger partial charge in [0.15, 0.2) is 0 Å². The number of phenolic OH excluding ortho intramolecular Hbond substituents is 1. The predicted octanol–water partition coefficient (Wildman–Crippen LogP) is 5.09. The molecule has 2 N–H and O–H groups in total. The molecule has 24 heavy (non-hydrogen) atoms. The Balaban J connectivity index is 1.80. The Labute approximate surface area is 135 Å². The Morgan fingerprint density at radius 3 is 2.33 bits per heavy atom. The van der Waals surface area contributed by atoms with Crippen LogP contribution in [0.5, 0.6) is 5.75 Å². The van der Waals surface area contributed by atoms with E-state index in [4.69, 9.17) is 0 Å². The number of nitrogens with zero attached hydrogens (tertiary/aromatic N) is 1. The monoisotopic (exact) mass is 330 g/mol. The molecule has 0 spiro atoms. The van der Waals surface area contributed by atoms with Crippen molar-refractivity contribution < 1.29 is 18.3 Å². The summed E-state index contributed by atoms with van der Waals surface area (Å²) >= 11 is 0. The summed E-state index contributed by atoms with van der Waals surface area (Å²) in [4.78, 5) is 1.76. The van der Waals surface area contributed by atoms with Gasteiger partial charge in [-0.3, -0.25) is 0 Å². The van der Waals surface area contributed by atoms with Crippen LogP contribution in [0.2, 0.25) is 0 Å². The minimum atomic E-state index is -4.38. The van der Waals surface area contributed by atoms with E-state index in [0.717, 1.165) is 22.9 Å². The molecule has 0 radical (unpaired) electrons. The van der Waals surface area contributed by atoms with Gasteiger partial charge < -0.3 is 15.3 Å². The molecule has 0 saturated carbocycles. The van der Waals surface area contributed by atoms with Crippen molar-refractivity contribution in [2.24, 2.45) is 0 Å². The number of nitrogens with one attached hydrogen (secondary N) is 1. The molecule has 3 nitrogen and oxygen atoms in total. The molecule has 0 atom stereocenters. The van der Waals surface area contributed by atoms with Gasteiger partial charge in [-0.15, -0.1) is 0 Å². The Hall–Kier alpha value is -2.89. The molecular formula is C18H13F3N2O. The third-order valence-corrected chi connectivity index (χ3v) is 4.18. The topological polar surface area (TPSA) is 35.5 Å². The third kappa shape index (κ3) is 2.31. The van der Waals surface area contributed by atoms with Gasteiger partial charge in [0.05, 0.1) is 29.3 Å². The summed E-state index contributed by atoms with van der Waals surface area (Å²) in [6.45, 7) is 0.294. The molecule has 4 rings (SSSR count). The highest BCUT2D eigenvalue weighted by Crippen LogP contribution is 2.44. The van der Waals surface area contributed by atoms with Crippen LogP contribution in [-0.4, -0.2) is 11.8 Å². The molecule has 0 fully saturated rings. The van der Waals surface area contributed by atoms with Crippen molar-refractivity contribution >= 4 is 27.8 Å². The quantitative estimate of drug-likeness (QED) is 0.653. The molecule has 1 aliphatic heterocycles. The average Bonchev–Trinajstić information content (AvgIpc) is 2.96. The van der Waals surface area contributed by atoms with Crippen molar-refractivity contribution in [2.45, 2.75) is 6.18 Å². The fourth-order valence-corrected chi connectivity index (χ4v) is 2.99. The summed E-state index contributed by atoms with van der Waals surface area (Å²) in [5.41, 5.74) is 0.865. The lowest BCUT2D eigenvalue weighted by atomic mass is 10.1. The maximum absolute atomic E-state index is 12.8. The molecule has 0 saturated heterocycles. The smallest absolute Gasteiger partial charge is 0.416 e. The number of phenols is 1. The number of alkyl halides is 3. The zero-order chi connectivity index (χ0) is 16.9. The Bertz CT molecular complexity index is 937. The normalized spacial score (nSPS) is 13.9. The lowest BCUT2D eigenvalue weighted by molar-refractivity contribution is -0.137. The maximum atomic E-state index is 12.8. The van der Waals surface area contributed by atoms with Crippen molar-refractivity contribution in [1.29, 1.82) is 0 Å². The molecule has 0 aromatic heterocycles. The molecule has 3 aromatic rings. The number of benzene rings is 3. The number of anilines is 3. The summed E-state index contributed by atoms with van der Waals surface area (Å²) in [6, 6.07) is 14.7. The van der Waals surface area contributed by atoms with Crippen molar-refractivity contribution in [2.75, 3.05) is 16.9 Å². The fraction of sp³-hybridized carbons (Fsp3) is 0.111. The van der Waals surface area contributed by atoms with Gasteiger partial charge in [0.2, 0.25) is 0 Å². The van der Waals surface area contributed by atoms with E-state index >= 15 is 0 Å². The van der Waals surface area contributed by atoms with Gasteiger partial charge in [0, 0.05) is 0 Å². The highest BCUT2D eigenvalue weighted by atomic mass is 19.4. The minimum absolute atomic E-state index is 0.0863. The highest BCUT2D eigenvalue weighted by Gasteiger charge is 2.33. The summed E-state index contributed by atoms with van der Waals surface area (Å²) in [7, 11) is 0. The van der Waals surface area contributed by atoms with E-state index in [2.05, 4.69) is 5.32 Å². The summed E-state index contributed by atoms with van der Waals surface area (Å²) in [5.74, 6) is 0.0863. The van der Waals surface area contributed by atoms with Gasteiger partial charge in [-0.2, -0.15) is 13.2 Å². The van der Waals surface area contributed by atoms with E-state index in [1.165, 1.54) is 6.07 Å². The molecule has 122 valence electrons. The van der Waals surface area contributed by atoms with Gasteiger partial charge in [-0.25, -0.2) is 0 Å². The molecule has 1 heterocycles. The zero-order valence-corrected chi connectivity index (χ0v) is 12.4. The van der Waals surface area contributed by atoms with Crippen molar-refractivity contribution in [1.82, 2.24) is 0 Å². The Kier molecular flexibility index (Phi) is 3.09. The average molecular weight is 330 g/mol. The minimum Gasteiger partial charge on any atom is -0.506 e. The van der Waals surface area contributed by atoms with Crippen LogP contribution in [0, 0.1) is 0 Å². The second-order valence-electron chi connectivity index (χ2n) is 5.68. The molecule has 1 aliphatic rings. The standard InChI is InChI=1S/C18H13F3N2O/c19-18(20,21)13-5-6-15-14(9-13)22-10-23(15)16-7-11-3-1-2-4-12(11)8-17(16)24/h1-9,22,24H,10H2. The number of aromatic hydroxyl groups is 1. The van der Waals surface area contributed by atoms with Gasteiger partial charge in [0.1, 0.15) is 5.75 Å². The Morgan fingerprint density at radius 2 is 1.62 bits per heavy atom. The number of halogens is 3. The van der Waals surface area contributed by atoms with Crippen LogP contribution in [0.15, 0.2) is 54.6 Å². The second-order valence-corrected chi connectivity index (χ2v) is 5.68. The maximum Gasteiger partial charge on any atom is 0.416 e. The fourth-order valence-electron chi connectivity index (χ4n) is 2.99. The lowest BCUT2D eigenvalue weighted by Gasteiger charge is -2.20. The van der Waals surface area contributed by atoms with Gasteiger partial charge >= 0.3 is 6.18 Å². The first-order valence-corrected chi connectivity index (χ1v) is 7.38. The molecule has 0 aliphatic carbocycles. The summed E-state index contributed by atoms with van der Waals surface area (Å²) in [6.07, 6.45) is -4.38. The van der Waals surface area contributed by atoms with Crippen molar-refractivity contribution in [3.8, 4) is 5.75 Å². The lowest BCUT2D eigenvalue weighted by Crippen LogP contribution is -2.16. The Morgan fingerprint density at radius 1 is 0.917 bits per heavy atom. The number of rotatable bonds is 1. The molecule has 0 unspecified atom stereocenters. The van der Waals surface area contributed by atoms with Gasteiger partial charge in [-0.05, 0) is 41.1 Å². The van der Waals surface area contributed by atoms with Crippen LogP contribution in [0.4, 0.5) is 30.2 Å². The molecule has 0 amide bonds. The van der Waals surface area contributed by atoms with Crippen LogP contribution < -0.4 is 10.2 Å². The van der Waals surface area contributed by atoms with E-state index in [9.17, 15) is 18.3 Å². The predicted molar refractivity (Wildman–Crippen MR) is 87.7 cm³/mol. The van der Waals surface area contributed by atoms with E-state index < -0.39 is 11.7 Å². The first-order valence-electron chi connectivity index (χ1n) is 7.38. The van der Waals surface area contributed by atoms with Gasteiger partial charge in [0.25, 0.3) is 0 Å². The number of hydrogen-bond acceptors (Lipinski definition) is 3. The van der Waals surface area contributed by atoms with Crippen LogP contribution in [0.1, 0.15) is 5.56 Å². The largest absolute Gasteiger partial charge is 0.506 e. The molecule has 6 heteroatoms. The second kappa shape index (κ2) is 5.06. The third-order valence-electron chi connectivity index (χ3n) is 4.18. The number of fused-ring (bicyclic) bond motifs is 2. The molecule has 3 aromatic carbocycles. The van der Waals surface area contributed by atoms with E-state index in [-0.39, 0.29) is 5.75 Å². The van der Waals surface area contributed by atoms with E-state index in [0.29, 0.717) is 23.7 Å². The van der Waals surface area contributed by atoms with E-state index in [1.54, 1.807) is 11.0 Å². The van der Waals surface area contributed by atoms with Crippen LogP contribution >= 0.6 is 0 Å². The first kappa shape index (κ1) is 14.7. The van der Waals surface area contributed by atoms with Crippen LogP contribution in [-0.2, 0) is 6.18 Å². The van der Waals surface area contributed by atoms with E-state index in [1.807, 2.05) is 30.3 Å². The zero-order valence-electron chi connectivity index (χ0n) is 12.4. The first-order chi connectivity index (χ1) is 11.4. The SMILES string of the molecule is Oc1cc2ccccc2cc1N1CNc2cc(C(F)(F)F)ccc21. The number of hydrogen-bond donors (Lipinski definition) is 2. The van der Waals surface area contributed by atoms with Crippen LogP contribution in [0.25, 0.3) is 10.8 Å².